The number of rotatable bonds is 2. The number of benzene rings is 1. The van der Waals surface area contributed by atoms with E-state index in [-0.39, 0.29) is 17.6 Å². The highest BCUT2D eigenvalue weighted by molar-refractivity contribution is 6.05. The van der Waals surface area contributed by atoms with Crippen LogP contribution in [0.15, 0.2) is 36.0 Å². The highest BCUT2D eigenvalue weighted by Gasteiger charge is 2.23. The molecule has 0 bridgehead atoms. The lowest BCUT2D eigenvalue weighted by atomic mass is 10.1. The van der Waals surface area contributed by atoms with Crippen molar-refractivity contribution in [1.29, 1.82) is 0 Å². The van der Waals surface area contributed by atoms with Gasteiger partial charge in [-0.05, 0) is 13.3 Å². The standard InChI is InChI=1S/C14H15NO2/c1-9-3-5-11(6-4-9)13(16)8-12-7-10(2)14(17)15-12/h3-6,8,10H,7H2,1-2H3,(H,15,17). The SMILES string of the molecule is Cc1ccc(C(=O)C=C2CC(C)C(=O)N2)cc1. The Hall–Kier alpha value is -1.90. The summed E-state index contributed by atoms with van der Waals surface area (Å²) in [5.74, 6) is -0.102. The molecule has 1 unspecified atom stereocenters. The van der Waals surface area contributed by atoms with Gasteiger partial charge in [-0.1, -0.05) is 36.8 Å². The molecule has 0 spiro atoms. The van der Waals surface area contributed by atoms with Crippen LogP contribution in [-0.2, 0) is 4.79 Å². The molecule has 1 fully saturated rings. The predicted octanol–water partition coefficient (Wildman–Crippen LogP) is 2.22. The number of amides is 1. The maximum atomic E-state index is 11.9. The third-order valence-corrected chi connectivity index (χ3v) is 2.90. The van der Waals surface area contributed by atoms with E-state index in [0.717, 1.165) is 5.56 Å². The summed E-state index contributed by atoms with van der Waals surface area (Å²) < 4.78 is 0. The molecule has 1 amide bonds. The number of carbonyl (C=O) groups is 2. The number of allylic oxidation sites excluding steroid dienone is 2. The van der Waals surface area contributed by atoms with Gasteiger partial charge in [0.1, 0.15) is 0 Å². The van der Waals surface area contributed by atoms with E-state index in [9.17, 15) is 9.59 Å². The van der Waals surface area contributed by atoms with E-state index in [1.165, 1.54) is 6.08 Å². The molecule has 3 nitrogen and oxygen atoms in total. The van der Waals surface area contributed by atoms with Gasteiger partial charge in [0.15, 0.2) is 5.78 Å². The van der Waals surface area contributed by atoms with Crippen LogP contribution in [-0.4, -0.2) is 11.7 Å². The van der Waals surface area contributed by atoms with Crippen LogP contribution in [0, 0.1) is 12.8 Å². The van der Waals surface area contributed by atoms with Gasteiger partial charge in [-0.25, -0.2) is 0 Å². The fraction of sp³-hybridized carbons (Fsp3) is 0.286. The van der Waals surface area contributed by atoms with Gasteiger partial charge in [0, 0.05) is 23.3 Å². The van der Waals surface area contributed by atoms with Crippen molar-refractivity contribution in [3.8, 4) is 0 Å². The first kappa shape index (κ1) is 11.6. The molecule has 1 aliphatic rings. The molecule has 1 N–H and O–H groups in total. The number of carbonyl (C=O) groups excluding carboxylic acids is 2. The summed E-state index contributed by atoms with van der Waals surface area (Å²) in [5.41, 5.74) is 2.49. The molecule has 88 valence electrons. The van der Waals surface area contributed by atoms with Crippen molar-refractivity contribution in [2.45, 2.75) is 20.3 Å². The summed E-state index contributed by atoms with van der Waals surface area (Å²) in [6.07, 6.45) is 2.14. The van der Waals surface area contributed by atoms with Gasteiger partial charge < -0.3 is 5.32 Å². The van der Waals surface area contributed by atoms with Gasteiger partial charge in [-0.3, -0.25) is 9.59 Å². The Morgan fingerprint density at radius 1 is 1.35 bits per heavy atom. The van der Waals surface area contributed by atoms with Gasteiger partial charge in [0.2, 0.25) is 5.91 Å². The van der Waals surface area contributed by atoms with Crippen LogP contribution in [0.4, 0.5) is 0 Å². The Morgan fingerprint density at radius 2 is 2.00 bits per heavy atom. The van der Waals surface area contributed by atoms with Gasteiger partial charge in [0.05, 0.1) is 0 Å². The molecule has 17 heavy (non-hydrogen) atoms. The summed E-state index contributed by atoms with van der Waals surface area (Å²) in [7, 11) is 0. The molecule has 3 heteroatoms. The maximum Gasteiger partial charge on any atom is 0.227 e. The number of hydrogen-bond donors (Lipinski definition) is 1. The minimum atomic E-state index is -0.0607. The number of ketones is 1. The van der Waals surface area contributed by atoms with Gasteiger partial charge in [-0.15, -0.1) is 0 Å². The first-order chi connectivity index (χ1) is 8.06. The second-order valence-corrected chi connectivity index (χ2v) is 4.49. The van der Waals surface area contributed by atoms with Crippen molar-refractivity contribution in [2.75, 3.05) is 0 Å². The molecule has 1 aliphatic heterocycles. The summed E-state index contributed by atoms with van der Waals surface area (Å²) in [6, 6.07) is 7.41. The molecule has 1 saturated heterocycles. The molecule has 1 aromatic carbocycles. The van der Waals surface area contributed by atoms with Crippen LogP contribution < -0.4 is 5.32 Å². The first-order valence-corrected chi connectivity index (χ1v) is 5.68. The minimum absolute atomic E-state index is 0.00652. The van der Waals surface area contributed by atoms with E-state index >= 15 is 0 Å². The smallest absolute Gasteiger partial charge is 0.227 e. The molecule has 1 aromatic rings. The summed E-state index contributed by atoms with van der Waals surface area (Å²) in [5, 5.41) is 2.72. The fourth-order valence-corrected chi connectivity index (χ4v) is 1.81. The van der Waals surface area contributed by atoms with E-state index in [1.807, 2.05) is 26.0 Å². The zero-order chi connectivity index (χ0) is 12.4. The van der Waals surface area contributed by atoms with Crippen molar-refractivity contribution in [2.24, 2.45) is 5.92 Å². The van der Waals surface area contributed by atoms with Crippen LogP contribution in [0.2, 0.25) is 0 Å². The van der Waals surface area contributed by atoms with E-state index in [0.29, 0.717) is 17.7 Å². The van der Waals surface area contributed by atoms with Crippen LogP contribution >= 0.6 is 0 Å². The van der Waals surface area contributed by atoms with Crippen LogP contribution in [0.25, 0.3) is 0 Å². The number of hydrogen-bond acceptors (Lipinski definition) is 2. The van der Waals surface area contributed by atoms with E-state index in [4.69, 9.17) is 0 Å². The van der Waals surface area contributed by atoms with E-state index in [2.05, 4.69) is 5.32 Å². The largest absolute Gasteiger partial charge is 0.329 e. The third-order valence-electron chi connectivity index (χ3n) is 2.90. The molecule has 2 rings (SSSR count). The molecule has 0 aliphatic carbocycles. The first-order valence-electron chi connectivity index (χ1n) is 5.68. The van der Waals surface area contributed by atoms with Crippen LogP contribution in [0.5, 0.6) is 0 Å². The Balaban J connectivity index is 2.14. The van der Waals surface area contributed by atoms with Gasteiger partial charge >= 0.3 is 0 Å². The van der Waals surface area contributed by atoms with Crippen molar-refractivity contribution in [3.63, 3.8) is 0 Å². The maximum absolute atomic E-state index is 11.9. The predicted molar refractivity (Wildman–Crippen MR) is 65.5 cm³/mol. The van der Waals surface area contributed by atoms with Gasteiger partial charge in [0.25, 0.3) is 0 Å². The average Bonchev–Trinajstić information content (AvgIpc) is 2.58. The van der Waals surface area contributed by atoms with Crippen LogP contribution in [0.1, 0.15) is 29.3 Å². The topological polar surface area (TPSA) is 46.2 Å². The monoisotopic (exact) mass is 229 g/mol. The molecular weight excluding hydrogens is 214 g/mol. The lowest BCUT2D eigenvalue weighted by molar-refractivity contribution is -0.121. The lowest BCUT2D eigenvalue weighted by Gasteiger charge is -1.99. The quantitative estimate of drug-likeness (QED) is 0.624. The second-order valence-electron chi connectivity index (χ2n) is 4.49. The van der Waals surface area contributed by atoms with Crippen molar-refractivity contribution in [3.05, 3.63) is 47.2 Å². The van der Waals surface area contributed by atoms with Gasteiger partial charge in [-0.2, -0.15) is 0 Å². The Bertz CT molecular complexity index is 485. The number of aryl methyl sites for hydroxylation is 1. The molecule has 0 saturated carbocycles. The zero-order valence-electron chi connectivity index (χ0n) is 9.99. The fourth-order valence-electron chi connectivity index (χ4n) is 1.81. The molecule has 0 radical (unpaired) electrons. The minimum Gasteiger partial charge on any atom is -0.329 e. The Kier molecular flexibility index (Phi) is 3.09. The molecule has 0 aromatic heterocycles. The summed E-state index contributed by atoms with van der Waals surface area (Å²) >= 11 is 0. The molecule has 1 atom stereocenters. The van der Waals surface area contributed by atoms with Crippen molar-refractivity contribution in [1.82, 2.24) is 5.32 Å². The second kappa shape index (κ2) is 4.53. The Labute approximate surface area is 101 Å². The van der Waals surface area contributed by atoms with E-state index < -0.39 is 0 Å². The highest BCUT2D eigenvalue weighted by atomic mass is 16.2. The summed E-state index contributed by atoms with van der Waals surface area (Å²) in [6.45, 7) is 3.83. The van der Waals surface area contributed by atoms with E-state index in [1.54, 1.807) is 12.1 Å². The molecular formula is C14H15NO2. The Morgan fingerprint density at radius 3 is 2.53 bits per heavy atom. The highest BCUT2D eigenvalue weighted by Crippen LogP contribution is 2.18. The normalized spacial score (nSPS) is 21.6. The third kappa shape index (κ3) is 2.61. The van der Waals surface area contributed by atoms with Crippen molar-refractivity contribution < 1.29 is 9.59 Å². The zero-order valence-corrected chi connectivity index (χ0v) is 9.99. The number of nitrogens with one attached hydrogen (secondary N) is 1. The average molecular weight is 229 g/mol. The summed E-state index contributed by atoms with van der Waals surface area (Å²) in [4.78, 5) is 23.2. The van der Waals surface area contributed by atoms with Crippen LogP contribution in [0.3, 0.4) is 0 Å². The van der Waals surface area contributed by atoms with Crippen molar-refractivity contribution >= 4 is 11.7 Å². The molecule has 1 heterocycles. The lowest BCUT2D eigenvalue weighted by Crippen LogP contribution is -2.16.